The maximum Gasteiger partial charge on any atom is 0.319 e. The van der Waals surface area contributed by atoms with Crippen LogP contribution in [0, 0.1) is 0 Å². The molecule has 3 nitrogen and oxygen atoms in total. The summed E-state index contributed by atoms with van der Waals surface area (Å²) >= 11 is 0. The van der Waals surface area contributed by atoms with Crippen LogP contribution in [0.25, 0.3) is 0 Å². The van der Waals surface area contributed by atoms with E-state index in [4.69, 9.17) is 9.05 Å². The van der Waals surface area contributed by atoms with E-state index in [1.54, 1.807) is 0 Å². The zero-order chi connectivity index (χ0) is 11.2. The number of hydrogen-bond acceptors (Lipinski definition) is 3. The van der Waals surface area contributed by atoms with Crippen molar-refractivity contribution in [1.29, 1.82) is 0 Å². The maximum absolute atomic E-state index is 10.9. The molecule has 4 heteroatoms. The molecular weight excluding hydrogens is 199 g/mol. The third kappa shape index (κ3) is 14.7. The molecule has 88 valence electrons. The highest BCUT2D eigenvalue weighted by molar-refractivity contribution is 7.33. The Morgan fingerprint density at radius 3 is 1.57 bits per heavy atom. The fourth-order valence-corrected chi connectivity index (χ4v) is 1.35. The van der Waals surface area contributed by atoms with E-state index in [1.165, 1.54) is 0 Å². The average molecular weight is 224 g/mol. The summed E-state index contributed by atoms with van der Waals surface area (Å²) in [7, 11) is -2.18. The summed E-state index contributed by atoms with van der Waals surface area (Å²) in [5.41, 5.74) is 0. The smallest absolute Gasteiger partial charge is 0.311 e. The summed E-state index contributed by atoms with van der Waals surface area (Å²) < 4.78 is 20.8. The fraction of sp³-hybridized carbons (Fsp3) is 1.00. The summed E-state index contributed by atoms with van der Waals surface area (Å²) in [4.78, 5) is 0. The van der Waals surface area contributed by atoms with Gasteiger partial charge in [0, 0.05) is 0 Å². The quantitative estimate of drug-likeness (QED) is 0.461. The van der Waals surface area contributed by atoms with E-state index in [-0.39, 0.29) is 0 Å². The topological polar surface area (TPSA) is 35.5 Å². The van der Waals surface area contributed by atoms with Gasteiger partial charge in [0.05, 0.1) is 13.2 Å². The van der Waals surface area contributed by atoms with E-state index in [1.807, 2.05) is 13.8 Å². The zero-order valence-corrected chi connectivity index (χ0v) is 11.0. The van der Waals surface area contributed by atoms with Crippen LogP contribution in [0.5, 0.6) is 0 Å². The van der Waals surface area contributed by atoms with Gasteiger partial charge in [-0.25, -0.2) is 0 Å². The van der Waals surface area contributed by atoms with Gasteiger partial charge >= 0.3 is 8.25 Å². The van der Waals surface area contributed by atoms with Crippen LogP contribution < -0.4 is 0 Å². The second-order valence-corrected chi connectivity index (χ2v) is 3.73. The lowest BCUT2D eigenvalue weighted by molar-refractivity contribution is 0.221. The molecule has 0 saturated heterocycles. The van der Waals surface area contributed by atoms with Gasteiger partial charge in [0.2, 0.25) is 0 Å². The van der Waals surface area contributed by atoms with Crippen LogP contribution in [0.15, 0.2) is 0 Å². The van der Waals surface area contributed by atoms with Gasteiger partial charge in [-0.15, -0.1) is 0 Å². The molecule has 0 aliphatic heterocycles. The fourth-order valence-electron chi connectivity index (χ4n) is 0.641. The minimum atomic E-state index is -2.18. The Balaban J connectivity index is 0. The van der Waals surface area contributed by atoms with Crippen molar-refractivity contribution in [2.45, 2.75) is 53.4 Å². The Kier molecular flexibility index (Phi) is 18.5. The summed E-state index contributed by atoms with van der Waals surface area (Å²) in [5.74, 6) is 0. The predicted molar refractivity (Wildman–Crippen MR) is 62.1 cm³/mol. The van der Waals surface area contributed by atoms with Crippen LogP contribution in [0.4, 0.5) is 0 Å². The third-order valence-electron chi connectivity index (χ3n) is 1.44. The van der Waals surface area contributed by atoms with E-state index >= 15 is 0 Å². The molecule has 0 atom stereocenters. The molecule has 0 radical (unpaired) electrons. The van der Waals surface area contributed by atoms with Crippen molar-refractivity contribution in [3.8, 4) is 0 Å². The molecule has 14 heavy (non-hydrogen) atoms. The highest BCUT2D eigenvalue weighted by Gasteiger charge is 1.97. The average Bonchev–Trinajstić information content (AvgIpc) is 2.22. The van der Waals surface area contributed by atoms with Crippen molar-refractivity contribution in [3.63, 3.8) is 0 Å². The summed E-state index contributed by atoms with van der Waals surface area (Å²) in [5, 5.41) is 0. The van der Waals surface area contributed by atoms with Crippen LogP contribution in [0.3, 0.4) is 0 Å². The minimum Gasteiger partial charge on any atom is -0.311 e. The first-order chi connectivity index (χ1) is 6.81. The van der Waals surface area contributed by atoms with Crippen LogP contribution in [0.1, 0.15) is 53.4 Å². The Labute approximate surface area is 89.1 Å². The first kappa shape index (κ1) is 16.6. The van der Waals surface area contributed by atoms with Gasteiger partial charge in [-0.1, -0.05) is 40.5 Å². The molecule has 0 saturated carbocycles. The maximum atomic E-state index is 10.9. The number of hydrogen-bond donors (Lipinski definition) is 0. The van der Waals surface area contributed by atoms with Gasteiger partial charge in [0.15, 0.2) is 0 Å². The van der Waals surface area contributed by atoms with E-state index in [2.05, 4.69) is 13.8 Å². The Morgan fingerprint density at radius 1 is 0.929 bits per heavy atom. The molecule has 0 fully saturated rings. The van der Waals surface area contributed by atoms with E-state index in [9.17, 15) is 4.57 Å². The van der Waals surface area contributed by atoms with Crippen molar-refractivity contribution >= 4 is 8.25 Å². The van der Waals surface area contributed by atoms with Crippen molar-refractivity contribution in [1.82, 2.24) is 0 Å². The van der Waals surface area contributed by atoms with Crippen molar-refractivity contribution < 1.29 is 13.6 Å². The summed E-state index contributed by atoms with van der Waals surface area (Å²) in [6, 6.07) is 0. The van der Waals surface area contributed by atoms with Crippen LogP contribution in [0.2, 0.25) is 0 Å². The highest BCUT2D eigenvalue weighted by atomic mass is 31.1. The second-order valence-electron chi connectivity index (χ2n) is 2.65. The van der Waals surface area contributed by atoms with Crippen LogP contribution >= 0.6 is 8.25 Å². The molecular formula is C10H25O3P. The lowest BCUT2D eigenvalue weighted by Crippen LogP contribution is -1.90. The van der Waals surface area contributed by atoms with Gasteiger partial charge in [-0.3, -0.25) is 4.57 Å². The molecule has 0 aliphatic rings. The molecule has 0 aliphatic carbocycles. The highest BCUT2D eigenvalue weighted by Crippen LogP contribution is 2.24. The molecule has 0 aromatic heterocycles. The molecule has 0 aromatic rings. The molecule has 0 heterocycles. The van der Waals surface area contributed by atoms with Crippen molar-refractivity contribution in [2.24, 2.45) is 0 Å². The first-order valence-electron chi connectivity index (χ1n) is 5.60. The Bertz CT molecular complexity index is 106. The standard InChI is InChI=1S/C8H19O3P.C2H6/c1-3-5-7-10-12(9)11-8-6-4-2;1-2/h12H,3-8H2,1-2H3;1-2H3. The molecule has 0 bridgehead atoms. The van der Waals surface area contributed by atoms with Gasteiger partial charge in [-0.2, -0.15) is 0 Å². The molecule has 0 aromatic carbocycles. The van der Waals surface area contributed by atoms with Gasteiger partial charge < -0.3 is 9.05 Å². The van der Waals surface area contributed by atoms with Crippen molar-refractivity contribution in [2.75, 3.05) is 13.2 Å². The lowest BCUT2D eigenvalue weighted by Gasteiger charge is -2.03. The van der Waals surface area contributed by atoms with Gasteiger partial charge in [0.25, 0.3) is 0 Å². The number of rotatable bonds is 8. The van der Waals surface area contributed by atoms with Crippen molar-refractivity contribution in [3.05, 3.63) is 0 Å². The largest absolute Gasteiger partial charge is 0.319 e. The summed E-state index contributed by atoms with van der Waals surface area (Å²) in [6.07, 6.45) is 4.02. The minimum absolute atomic E-state index is 0.556. The molecule has 0 spiro atoms. The van der Waals surface area contributed by atoms with E-state index in [0.29, 0.717) is 13.2 Å². The normalized spacial score (nSPS) is 9.79. The summed E-state index contributed by atoms with van der Waals surface area (Å²) in [6.45, 7) is 9.25. The lowest BCUT2D eigenvalue weighted by atomic mass is 10.4. The number of unbranched alkanes of at least 4 members (excludes halogenated alkanes) is 2. The Hall–Kier alpha value is 0.150. The zero-order valence-electron chi connectivity index (χ0n) is 9.97. The van der Waals surface area contributed by atoms with E-state index in [0.717, 1.165) is 25.7 Å². The molecule has 0 unspecified atom stereocenters. The van der Waals surface area contributed by atoms with Gasteiger partial charge in [0.1, 0.15) is 0 Å². The van der Waals surface area contributed by atoms with Gasteiger partial charge in [-0.05, 0) is 12.8 Å². The molecule has 0 amide bonds. The second kappa shape index (κ2) is 15.6. The first-order valence-corrected chi connectivity index (χ1v) is 6.83. The van der Waals surface area contributed by atoms with Crippen LogP contribution in [-0.2, 0) is 13.6 Å². The predicted octanol–water partition coefficient (Wildman–Crippen LogP) is 4.04. The Morgan fingerprint density at radius 2 is 1.29 bits per heavy atom. The molecule has 0 N–H and O–H groups in total. The van der Waals surface area contributed by atoms with E-state index < -0.39 is 8.25 Å². The third-order valence-corrected chi connectivity index (χ3v) is 2.32. The SMILES string of the molecule is CC.CCCCO[PH](=O)OCCCC. The molecule has 0 rings (SSSR count). The monoisotopic (exact) mass is 224 g/mol. The van der Waals surface area contributed by atoms with Crippen LogP contribution in [-0.4, -0.2) is 13.2 Å².